The minimum atomic E-state index is -4.48. The Morgan fingerprint density at radius 3 is 2.53 bits per heavy atom. The van der Waals surface area contributed by atoms with Crippen molar-refractivity contribution in [2.75, 3.05) is 12.4 Å². The Labute approximate surface area is 183 Å². The maximum atomic E-state index is 13.0. The van der Waals surface area contributed by atoms with Gasteiger partial charge in [0.05, 0.1) is 12.7 Å². The van der Waals surface area contributed by atoms with Gasteiger partial charge < -0.3 is 14.8 Å². The Morgan fingerprint density at radius 1 is 1.00 bits per heavy atom. The van der Waals surface area contributed by atoms with Crippen LogP contribution in [0, 0.1) is 6.92 Å². The Kier molecular flexibility index (Phi) is 5.65. The highest BCUT2D eigenvalue weighted by molar-refractivity contribution is 6.34. The second-order valence-electron chi connectivity index (χ2n) is 7.46. The van der Waals surface area contributed by atoms with E-state index in [0.717, 1.165) is 23.3 Å². The fraction of sp³-hybridized carbons (Fsp3) is 0.160. The van der Waals surface area contributed by atoms with Gasteiger partial charge in [0.25, 0.3) is 5.91 Å². The number of aryl methyl sites for hydroxylation is 1. The van der Waals surface area contributed by atoms with E-state index in [0.29, 0.717) is 29.2 Å². The summed E-state index contributed by atoms with van der Waals surface area (Å²) in [5.74, 6) is 0.568. The molecule has 0 radical (unpaired) electrons. The molecule has 0 saturated carbocycles. The number of hydrogen-bond donors (Lipinski definition) is 1. The van der Waals surface area contributed by atoms with Crippen LogP contribution in [0.25, 0.3) is 11.6 Å². The first kappa shape index (κ1) is 21.5. The molecule has 7 heteroatoms. The molecule has 4 rings (SSSR count). The SMILES string of the molecule is COc1cc(/C=C2/C(=O)Nc3cc(C(F)(F)F)ccc32)ccc1OCc1cccc(C)c1. The van der Waals surface area contributed by atoms with Gasteiger partial charge in [0.2, 0.25) is 0 Å². The van der Waals surface area contributed by atoms with Crippen LogP contribution < -0.4 is 14.8 Å². The van der Waals surface area contributed by atoms with E-state index in [9.17, 15) is 18.0 Å². The average Bonchev–Trinajstić information content (AvgIpc) is 3.06. The summed E-state index contributed by atoms with van der Waals surface area (Å²) >= 11 is 0. The molecule has 3 aromatic carbocycles. The molecule has 3 aromatic rings. The van der Waals surface area contributed by atoms with E-state index in [1.165, 1.54) is 13.2 Å². The number of nitrogens with one attached hydrogen (secondary N) is 1. The van der Waals surface area contributed by atoms with Gasteiger partial charge in [-0.2, -0.15) is 13.2 Å². The predicted octanol–water partition coefficient (Wildman–Crippen LogP) is 6.09. The van der Waals surface area contributed by atoms with Crippen LogP contribution in [-0.2, 0) is 17.6 Å². The molecular weight excluding hydrogens is 419 g/mol. The number of anilines is 1. The minimum Gasteiger partial charge on any atom is -0.493 e. The molecule has 164 valence electrons. The van der Waals surface area contributed by atoms with E-state index in [2.05, 4.69) is 5.32 Å². The van der Waals surface area contributed by atoms with Gasteiger partial charge in [-0.15, -0.1) is 0 Å². The van der Waals surface area contributed by atoms with Gasteiger partial charge in [0, 0.05) is 16.8 Å². The quantitative estimate of drug-likeness (QED) is 0.489. The van der Waals surface area contributed by atoms with Crippen molar-refractivity contribution in [3.05, 3.63) is 88.5 Å². The first-order chi connectivity index (χ1) is 15.2. The molecular formula is C25H20F3NO3. The predicted molar refractivity (Wildman–Crippen MR) is 116 cm³/mol. The van der Waals surface area contributed by atoms with E-state index in [-0.39, 0.29) is 11.3 Å². The maximum absolute atomic E-state index is 13.0. The second-order valence-corrected chi connectivity index (χ2v) is 7.46. The summed E-state index contributed by atoms with van der Waals surface area (Å²) in [6.45, 7) is 2.38. The van der Waals surface area contributed by atoms with Crippen LogP contribution in [0.4, 0.5) is 18.9 Å². The zero-order valence-corrected chi connectivity index (χ0v) is 17.4. The van der Waals surface area contributed by atoms with E-state index in [1.54, 1.807) is 24.3 Å². The lowest BCUT2D eigenvalue weighted by atomic mass is 10.0. The number of carbonyl (C=O) groups excluding carboxylic acids is 1. The third kappa shape index (κ3) is 4.46. The Balaban J connectivity index is 1.59. The van der Waals surface area contributed by atoms with Crippen LogP contribution in [0.1, 0.15) is 27.8 Å². The van der Waals surface area contributed by atoms with Gasteiger partial charge in [0.1, 0.15) is 6.61 Å². The van der Waals surface area contributed by atoms with Crippen molar-refractivity contribution in [2.24, 2.45) is 0 Å². The number of hydrogen-bond acceptors (Lipinski definition) is 3. The van der Waals surface area contributed by atoms with Crippen LogP contribution in [0.2, 0.25) is 0 Å². The molecule has 0 bridgehead atoms. The number of amides is 1. The number of methoxy groups -OCH3 is 1. The molecule has 1 amide bonds. The lowest BCUT2D eigenvalue weighted by Gasteiger charge is -2.12. The Bertz CT molecular complexity index is 1220. The van der Waals surface area contributed by atoms with Gasteiger partial charge in [0.15, 0.2) is 11.5 Å². The van der Waals surface area contributed by atoms with E-state index < -0.39 is 17.6 Å². The number of rotatable bonds is 5. The standard InChI is InChI=1S/C25H20F3NO3/c1-15-4-3-5-17(10-15)14-32-22-9-6-16(12-23(22)31-2)11-20-19-8-7-18(25(26,27)28)13-21(19)29-24(20)30/h3-13H,14H2,1-2H3,(H,29,30)/b20-11+. The van der Waals surface area contributed by atoms with Crippen LogP contribution >= 0.6 is 0 Å². The fourth-order valence-corrected chi connectivity index (χ4v) is 3.54. The number of alkyl halides is 3. The Hall–Kier alpha value is -3.74. The van der Waals surface area contributed by atoms with E-state index >= 15 is 0 Å². The third-order valence-electron chi connectivity index (χ3n) is 5.11. The molecule has 0 atom stereocenters. The number of halogens is 3. The summed E-state index contributed by atoms with van der Waals surface area (Å²) < 4.78 is 50.2. The van der Waals surface area contributed by atoms with Crippen molar-refractivity contribution in [1.82, 2.24) is 0 Å². The monoisotopic (exact) mass is 439 g/mol. The van der Waals surface area contributed by atoms with Gasteiger partial charge in [-0.25, -0.2) is 0 Å². The fourth-order valence-electron chi connectivity index (χ4n) is 3.54. The molecule has 1 aliphatic heterocycles. The molecule has 32 heavy (non-hydrogen) atoms. The molecule has 0 saturated heterocycles. The number of ether oxygens (including phenoxy) is 2. The van der Waals surface area contributed by atoms with E-state index in [1.807, 2.05) is 31.2 Å². The summed E-state index contributed by atoms with van der Waals surface area (Å²) in [6, 6.07) is 16.4. The van der Waals surface area contributed by atoms with Crippen LogP contribution in [0.15, 0.2) is 60.7 Å². The molecule has 1 N–H and O–H groups in total. The highest BCUT2D eigenvalue weighted by Crippen LogP contribution is 2.39. The first-order valence-corrected chi connectivity index (χ1v) is 9.85. The van der Waals surface area contributed by atoms with Gasteiger partial charge in [-0.3, -0.25) is 4.79 Å². The molecule has 1 aliphatic rings. The highest BCUT2D eigenvalue weighted by Gasteiger charge is 2.33. The van der Waals surface area contributed by atoms with Gasteiger partial charge >= 0.3 is 6.18 Å². The van der Waals surface area contributed by atoms with Crippen molar-refractivity contribution in [2.45, 2.75) is 19.7 Å². The van der Waals surface area contributed by atoms with Crippen molar-refractivity contribution in [3.8, 4) is 11.5 Å². The maximum Gasteiger partial charge on any atom is 0.416 e. The molecule has 0 fully saturated rings. The molecule has 0 spiro atoms. The van der Waals surface area contributed by atoms with Crippen molar-refractivity contribution >= 4 is 23.2 Å². The lowest BCUT2D eigenvalue weighted by molar-refractivity contribution is -0.137. The van der Waals surface area contributed by atoms with Crippen molar-refractivity contribution < 1.29 is 27.4 Å². The van der Waals surface area contributed by atoms with Gasteiger partial charge in [-0.05, 0) is 48.4 Å². The largest absolute Gasteiger partial charge is 0.493 e. The second kappa shape index (κ2) is 8.42. The Morgan fingerprint density at radius 2 is 1.81 bits per heavy atom. The molecule has 4 nitrogen and oxygen atoms in total. The highest BCUT2D eigenvalue weighted by atomic mass is 19.4. The van der Waals surface area contributed by atoms with Crippen molar-refractivity contribution in [1.29, 1.82) is 0 Å². The smallest absolute Gasteiger partial charge is 0.416 e. The van der Waals surface area contributed by atoms with Gasteiger partial charge in [-0.1, -0.05) is 42.0 Å². The summed E-state index contributed by atoms with van der Waals surface area (Å²) in [5, 5.41) is 2.50. The average molecular weight is 439 g/mol. The third-order valence-corrected chi connectivity index (χ3v) is 5.11. The van der Waals surface area contributed by atoms with Crippen molar-refractivity contribution in [3.63, 3.8) is 0 Å². The zero-order valence-electron chi connectivity index (χ0n) is 17.4. The van der Waals surface area contributed by atoms with Crippen LogP contribution in [0.5, 0.6) is 11.5 Å². The van der Waals surface area contributed by atoms with E-state index in [4.69, 9.17) is 9.47 Å². The topological polar surface area (TPSA) is 47.6 Å². The summed E-state index contributed by atoms with van der Waals surface area (Å²) in [4.78, 5) is 12.4. The summed E-state index contributed by atoms with van der Waals surface area (Å²) in [5.41, 5.74) is 2.84. The molecule has 0 unspecified atom stereocenters. The summed E-state index contributed by atoms with van der Waals surface area (Å²) in [7, 11) is 1.52. The number of benzene rings is 3. The molecule has 0 aliphatic carbocycles. The first-order valence-electron chi connectivity index (χ1n) is 9.85. The zero-order chi connectivity index (χ0) is 22.9. The van der Waals surface area contributed by atoms with Crippen LogP contribution in [0.3, 0.4) is 0 Å². The summed E-state index contributed by atoms with van der Waals surface area (Å²) in [6.07, 6.45) is -2.87. The molecule has 0 aromatic heterocycles. The molecule has 1 heterocycles. The normalized spacial score (nSPS) is 14.3. The lowest BCUT2D eigenvalue weighted by Crippen LogP contribution is -2.06. The minimum absolute atomic E-state index is 0.140. The number of carbonyl (C=O) groups is 1. The number of fused-ring (bicyclic) bond motifs is 1. The van der Waals surface area contributed by atoms with Crippen LogP contribution in [-0.4, -0.2) is 13.0 Å².